The maximum atomic E-state index is 11.8. The molecule has 19 heavy (non-hydrogen) atoms. The van der Waals surface area contributed by atoms with Crippen LogP contribution in [-0.2, 0) is 16.1 Å². The predicted molar refractivity (Wildman–Crippen MR) is 74.2 cm³/mol. The summed E-state index contributed by atoms with van der Waals surface area (Å²) in [5.74, 6) is 0.805. The van der Waals surface area contributed by atoms with Gasteiger partial charge in [0, 0.05) is 37.1 Å². The van der Waals surface area contributed by atoms with Crippen molar-refractivity contribution in [1.29, 1.82) is 0 Å². The van der Waals surface area contributed by atoms with Crippen molar-refractivity contribution in [3.63, 3.8) is 0 Å². The molecule has 7 heteroatoms. The normalized spacial score (nSPS) is 16.3. The van der Waals surface area contributed by atoms with Crippen molar-refractivity contribution in [3.05, 3.63) is 5.82 Å². The van der Waals surface area contributed by atoms with Crippen molar-refractivity contribution in [3.8, 4) is 0 Å². The average Bonchev–Trinajstić information content (AvgIpc) is 2.69. The molecule has 0 spiro atoms. The fraction of sp³-hybridized carbons (Fsp3) is 0.750. The van der Waals surface area contributed by atoms with Gasteiger partial charge in [0.2, 0.25) is 11.0 Å². The number of amides is 1. The first kappa shape index (κ1) is 14.2. The number of aromatic nitrogens is 2. The van der Waals surface area contributed by atoms with Crippen molar-refractivity contribution in [2.45, 2.75) is 33.4 Å². The number of methoxy groups -OCH3 is 1. The Morgan fingerprint density at radius 1 is 1.53 bits per heavy atom. The highest BCUT2D eigenvalue weighted by Gasteiger charge is 2.33. The summed E-state index contributed by atoms with van der Waals surface area (Å²) >= 11 is 1.37. The third-order valence-electron chi connectivity index (χ3n) is 2.90. The summed E-state index contributed by atoms with van der Waals surface area (Å²) in [5.41, 5.74) is -0.339. The van der Waals surface area contributed by atoms with E-state index in [1.807, 2.05) is 20.8 Å². The number of nitrogens with zero attached hydrogens (tertiary/aromatic N) is 3. The fourth-order valence-electron chi connectivity index (χ4n) is 1.69. The van der Waals surface area contributed by atoms with Crippen LogP contribution in [0.1, 0.15) is 26.6 Å². The van der Waals surface area contributed by atoms with E-state index in [0.717, 1.165) is 18.2 Å². The van der Waals surface area contributed by atoms with Crippen molar-refractivity contribution in [2.75, 3.05) is 25.1 Å². The van der Waals surface area contributed by atoms with Crippen LogP contribution in [0, 0.1) is 5.41 Å². The predicted octanol–water partition coefficient (Wildman–Crippen LogP) is 1.04. The van der Waals surface area contributed by atoms with Gasteiger partial charge in [-0.2, -0.15) is 4.37 Å². The van der Waals surface area contributed by atoms with Crippen LogP contribution in [0.15, 0.2) is 0 Å². The minimum absolute atomic E-state index is 0.0921. The zero-order valence-corrected chi connectivity index (χ0v) is 12.6. The second-order valence-electron chi connectivity index (χ2n) is 5.75. The number of hydrogen-bond acceptors (Lipinski definition) is 6. The zero-order valence-electron chi connectivity index (χ0n) is 11.8. The van der Waals surface area contributed by atoms with E-state index >= 15 is 0 Å². The van der Waals surface area contributed by atoms with Gasteiger partial charge in [0.15, 0.2) is 5.82 Å². The Morgan fingerprint density at radius 3 is 2.79 bits per heavy atom. The first-order valence-corrected chi connectivity index (χ1v) is 7.05. The second kappa shape index (κ2) is 5.42. The van der Waals surface area contributed by atoms with Crippen molar-refractivity contribution in [2.24, 2.45) is 5.41 Å². The monoisotopic (exact) mass is 284 g/mol. The highest BCUT2D eigenvalue weighted by molar-refractivity contribution is 7.09. The molecule has 1 aromatic rings. The summed E-state index contributed by atoms with van der Waals surface area (Å²) in [4.78, 5) is 18.3. The van der Waals surface area contributed by atoms with Crippen molar-refractivity contribution in [1.82, 2.24) is 14.7 Å². The lowest BCUT2D eigenvalue weighted by Crippen LogP contribution is -2.60. The lowest BCUT2D eigenvalue weighted by atomic mass is 9.94. The maximum Gasteiger partial charge on any atom is 0.225 e. The van der Waals surface area contributed by atoms with Gasteiger partial charge in [0.25, 0.3) is 0 Å². The SMILES string of the molecule is COCc1nsc(N2CC(NC(=O)C(C)(C)C)C2)n1. The van der Waals surface area contributed by atoms with Crippen molar-refractivity contribution < 1.29 is 9.53 Å². The molecular weight excluding hydrogens is 264 g/mol. The Bertz CT molecular complexity index is 449. The van der Waals surface area contributed by atoms with Gasteiger partial charge in [-0.05, 0) is 0 Å². The van der Waals surface area contributed by atoms with Crippen LogP contribution < -0.4 is 10.2 Å². The standard InChI is InChI=1S/C12H20N4O2S/c1-12(2,3)10(17)13-8-5-16(6-8)11-14-9(7-18-4)15-19-11/h8H,5-7H2,1-4H3,(H,13,17). The molecule has 1 fully saturated rings. The van der Waals surface area contributed by atoms with Crippen molar-refractivity contribution >= 4 is 22.6 Å². The van der Waals surface area contributed by atoms with E-state index < -0.39 is 0 Å². The summed E-state index contributed by atoms with van der Waals surface area (Å²) in [6, 6.07) is 0.210. The number of rotatable bonds is 4. The van der Waals surface area contributed by atoms with Crippen LogP contribution in [0.5, 0.6) is 0 Å². The van der Waals surface area contributed by atoms with Gasteiger partial charge in [-0.3, -0.25) is 4.79 Å². The molecule has 1 amide bonds. The number of hydrogen-bond donors (Lipinski definition) is 1. The van der Waals surface area contributed by atoms with E-state index in [9.17, 15) is 4.79 Å². The molecule has 0 atom stereocenters. The smallest absolute Gasteiger partial charge is 0.225 e. The van der Waals surface area contributed by atoms with E-state index in [1.165, 1.54) is 11.5 Å². The van der Waals surface area contributed by atoms with Gasteiger partial charge in [-0.1, -0.05) is 20.8 Å². The van der Waals surface area contributed by atoms with Gasteiger partial charge < -0.3 is 15.0 Å². The van der Waals surface area contributed by atoms with Crippen LogP contribution in [0.4, 0.5) is 5.13 Å². The number of carbonyl (C=O) groups excluding carboxylic acids is 1. The summed E-state index contributed by atoms with van der Waals surface area (Å²) in [6.07, 6.45) is 0. The largest absolute Gasteiger partial charge is 0.377 e. The topological polar surface area (TPSA) is 67.3 Å². The van der Waals surface area contributed by atoms with Gasteiger partial charge >= 0.3 is 0 Å². The molecule has 1 saturated heterocycles. The summed E-state index contributed by atoms with van der Waals surface area (Å²) in [6.45, 7) is 7.78. The Morgan fingerprint density at radius 2 is 2.21 bits per heavy atom. The highest BCUT2D eigenvalue weighted by atomic mass is 32.1. The molecule has 0 aliphatic carbocycles. The van der Waals surface area contributed by atoms with Gasteiger partial charge in [0.05, 0.1) is 6.04 Å². The molecule has 2 rings (SSSR count). The molecule has 106 valence electrons. The van der Waals surface area contributed by atoms with Crippen LogP contribution in [0.25, 0.3) is 0 Å². The van der Waals surface area contributed by atoms with Crippen LogP contribution in [-0.4, -0.2) is 41.5 Å². The molecule has 0 saturated carbocycles. The lowest BCUT2D eigenvalue weighted by Gasteiger charge is -2.40. The molecule has 1 aliphatic rings. The summed E-state index contributed by atoms with van der Waals surface area (Å²) < 4.78 is 9.20. The number of nitrogens with one attached hydrogen (secondary N) is 1. The van der Waals surface area contributed by atoms with E-state index in [4.69, 9.17) is 4.74 Å². The van der Waals surface area contributed by atoms with Crippen LogP contribution in [0.2, 0.25) is 0 Å². The highest BCUT2D eigenvalue weighted by Crippen LogP contribution is 2.24. The molecule has 0 unspecified atom stereocenters. The Kier molecular flexibility index (Phi) is 4.05. The minimum Gasteiger partial charge on any atom is -0.377 e. The van der Waals surface area contributed by atoms with Gasteiger partial charge in [-0.25, -0.2) is 4.98 Å². The third-order valence-corrected chi connectivity index (χ3v) is 3.71. The Labute approximate surface area is 117 Å². The zero-order chi connectivity index (χ0) is 14.0. The molecule has 1 aromatic heterocycles. The minimum atomic E-state index is -0.339. The van der Waals surface area contributed by atoms with Gasteiger partial charge in [-0.15, -0.1) is 0 Å². The fourth-order valence-corrected chi connectivity index (χ4v) is 2.38. The molecule has 0 bridgehead atoms. The summed E-state index contributed by atoms with van der Waals surface area (Å²) in [5, 5.41) is 3.94. The van der Waals surface area contributed by atoms with Crippen LogP contribution >= 0.6 is 11.5 Å². The number of anilines is 1. The van der Waals surface area contributed by atoms with E-state index in [-0.39, 0.29) is 17.4 Å². The van der Waals surface area contributed by atoms with Crippen LogP contribution in [0.3, 0.4) is 0 Å². The molecule has 1 aliphatic heterocycles. The second-order valence-corrected chi connectivity index (χ2v) is 6.48. The third kappa shape index (κ3) is 3.42. The van der Waals surface area contributed by atoms with E-state index in [2.05, 4.69) is 19.6 Å². The maximum absolute atomic E-state index is 11.8. The first-order valence-electron chi connectivity index (χ1n) is 6.27. The molecule has 1 N–H and O–H groups in total. The Balaban J connectivity index is 1.81. The Hall–Kier alpha value is -1.21. The molecule has 0 aromatic carbocycles. The van der Waals surface area contributed by atoms with E-state index in [0.29, 0.717) is 12.4 Å². The summed E-state index contributed by atoms with van der Waals surface area (Å²) in [7, 11) is 1.63. The first-order chi connectivity index (χ1) is 8.90. The number of ether oxygens (including phenoxy) is 1. The van der Waals surface area contributed by atoms with E-state index in [1.54, 1.807) is 7.11 Å². The van der Waals surface area contributed by atoms with Gasteiger partial charge in [0.1, 0.15) is 6.61 Å². The molecule has 2 heterocycles. The lowest BCUT2D eigenvalue weighted by molar-refractivity contribution is -0.129. The quantitative estimate of drug-likeness (QED) is 0.894. The molecule has 6 nitrogen and oxygen atoms in total. The average molecular weight is 284 g/mol. The molecular formula is C12H20N4O2S. The molecule has 0 radical (unpaired) electrons. The number of carbonyl (C=O) groups is 1.